The molecule has 0 aliphatic rings. The minimum atomic E-state index is -0.701. The van der Waals surface area contributed by atoms with Gasteiger partial charge in [0, 0.05) is 13.1 Å². The van der Waals surface area contributed by atoms with Crippen molar-refractivity contribution >= 4 is 27.3 Å². The number of aliphatic hydroxyl groups excluding tert-OH is 1. The molecule has 0 saturated heterocycles. The summed E-state index contributed by atoms with van der Waals surface area (Å²) in [4.78, 5) is 11.8. The number of benzene rings is 1. The number of aliphatic hydroxyl groups is 1. The van der Waals surface area contributed by atoms with E-state index in [9.17, 15) is 14.5 Å². The summed E-state index contributed by atoms with van der Waals surface area (Å²) in [6, 6.07) is 2.18. The monoisotopic (exact) mass is 318 g/mol. The Hall–Kier alpha value is -1.47. The normalized spacial score (nSPS) is 10.2. The summed E-state index contributed by atoms with van der Waals surface area (Å²) >= 11 is 2.99. The number of nitro benzene ring substituents is 1. The summed E-state index contributed by atoms with van der Waals surface area (Å²) in [5, 5.41) is 19.9. The van der Waals surface area contributed by atoms with Gasteiger partial charge in [0.15, 0.2) is 0 Å². The highest BCUT2D eigenvalue weighted by Crippen LogP contribution is 2.33. The molecule has 0 heterocycles. The molecule has 0 spiro atoms. The van der Waals surface area contributed by atoms with Gasteiger partial charge in [0.05, 0.1) is 22.1 Å². The highest BCUT2D eigenvalue weighted by Gasteiger charge is 2.21. The van der Waals surface area contributed by atoms with Crippen LogP contribution in [-0.2, 0) is 0 Å². The second kappa shape index (κ2) is 6.46. The third-order valence-electron chi connectivity index (χ3n) is 2.27. The summed E-state index contributed by atoms with van der Waals surface area (Å²) in [6.07, 6.45) is 1.55. The Morgan fingerprint density at radius 1 is 1.61 bits per heavy atom. The Morgan fingerprint density at radius 2 is 2.28 bits per heavy atom. The van der Waals surface area contributed by atoms with Crippen LogP contribution < -0.4 is 4.90 Å². The lowest BCUT2D eigenvalue weighted by Gasteiger charge is -2.22. The van der Waals surface area contributed by atoms with Gasteiger partial charge in [-0.15, -0.1) is 6.58 Å². The Kier molecular flexibility index (Phi) is 5.24. The van der Waals surface area contributed by atoms with Crippen LogP contribution in [0.5, 0.6) is 0 Å². The van der Waals surface area contributed by atoms with Crippen LogP contribution in [0.15, 0.2) is 29.3 Å². The molecule has 18 heavy (non-hydrogen) atoms. The molecule has 0 unspecified atom stereocenters. The number of halogens is 2. The van der Waals surface area contributed by atoms with Crippen LogP contribution in [0, 0.1) is 15.9 Å². The molecule has 0 atom stereocenters. The maximum absolute atomic E-state index is 13.3. The molecule has 5 nitrogen and oxygen atoms in total. The third kappa shape index (κ3) is 3.27. The standard InChI is InChI=1S/C11H12BrFN2O3/c1-2-3-14(4-5-16)10-6-8(12)9(13)7-11(10)15(17)18/h2,6-7,16H,1,3-5H2. The van der Waals surface area contributed by atoms with Crippen molar-refractivity contribution in [3.8, 4) is 0 Å². The van der Waals surface area contributed by atoms with Crippen molar-refractivity contribution in [2.45, 2.75) is 0 Å². The van der Waals surface area contributed by atoms with E-state index in [1.54, 1.807) is 11.0 Å². The number of hydrogen-bond acceptors (Lipinski definition) is 4. The average Bonchev–Trinajstić information content (AvgIpc) is 2.31. The fraction of sp³-hybridized carbons (Fsp3) is 0.273. The predicted octanol–water partition coefficient (Wildman–Crippen LogP) is 2.48. The molecular weight excluding hydrogens is 307 g/mol. The van der Waals surface area contributed by atoms with Gasteiger partial charge >= 0.3 is 0 Å². The first kappa shape index (κ1) is 14.6. The Bertz CT molecular complexity index is 468. The number of nitro groups is 1. The van der Waals surface area contributed by atoms with Crippen LogP contribution in [0.4, 0.5) is 15.8 Å². The van der Waals surface area contributed by atoms with Gasteiger partial charge in [0.1, 0.15) is 11.5 Å². The second-order valence-corrected chi connectivity index (χ2v) is 4.32. The van der Waals surface area contributed by atoms with Crippen LogP contribution in [-0.4, -0.2) is 29.7 Å². The molecule has 0 saturated carbocycles. The molecule has 7 heteroatoms. The predicted molar refractivity (Wildman–Crippen MR) is 70.3 cm³/mol. The topological polar surface area (TPSA) is 66.6 Å². The van der Waals surface area contributed by atoms with E-state index < -0.39 is 10.7 Å². The Balaban J connectivity index is 3.29. The maximum Gasteiger partial charge on any atom is 0.295 e. The Morgan fingerprint density at radius 3 is 2.78 bits per heavy atom. The van der Waals surface area contributed by atoms with Crippen molar-refractivity contribution in [1.82, 2.24) is 0 Å². The summed E-state index contributed by atoms with van der Waals surface area (Å²) in [6.45, 7) is 3.90. The first-order valence-corrected chi connectivity index (χ1v) is 5.90. The highest BCUT2D eigenvalue weighted by atomic mass is 79.9. The van der Waals surface area contributed by atoms with E-state index >= 15 is 0 Å². The maximum atomic E-state index is 13.3. The lowest BCUT2D eigenvalue weighted by Crippen LogP contribution is -2.27. The van der Waals surface area contributed by atoms with Crippen LogP contribution in [0.3, 0.4) is 0 Å². The quantitative estimate of drug-likeness (QED) is 0.497. The first-order chi connectivity index (χ1) is 8.51. The van der Waals surface area contributed by atoms with Crippen molar-refractivity contribution in [1.29, 1.82) is 0 Å². The number of hydrogen-bond donors (Lipinski definition) is 1. The van der Waals surface area contributed by atoms with Crippen molar-refractivity contribution in [3.63, 3.8) is 0 Å². The van der Waals surface area contributed by atoms with Gasteiger partial charge in [0.25, 0.3) is 5.69 Å². The molecule has 1 aromatic rings. The number of anilines is 1. The third-order valence-corrected chi connectivity index (χ3v) is 2.88. The molecule has 98 valence electrons. The van der Waals surface area contributed by atoms with E-state index in [1.807, 2.05) is 0 Å². The van der Waals surface area contributed by atoms with Gasteiger partial charge in [-0.05, 0) is 22.0 Å². The molecule has 0 fully saturated rings. The van der Waals surface area contributed by atoms with E-state index in [2.05, 4.69) is 22.5 Å². The van der Waals surface area contributed by atoms with E-state index in [-0.39, 0.29) is 29.0 Å². The zero-order valence-electron chi connectivity index (χ0n) is 9.47. The van der Waals surface area contributed by atoms with Crippen molar-refractivity contribution in [3.05, 3.63) is 45.2 Å². The molecule has 1 N–H and O–H groups in total. The minimum absolute atomic E-state index is 0.134. The summed E-state index contributed by atoms with van der Waals surface area (Å²) in [5.74, 6) is -0.701. The van der Waals surface area contributed by atoms with E-state index in [0.29, 0.717) is 6.54 Å². The van der Waals surface area contributed by atoms with Crippen molar-refractivity contribution < 1.29 is 14.4 Å². The smallest absolute Gasteiger partial charge is 0.295 e. The van der Waals surface area contributed by atoms with Crippen LogP contribution in [0.1, 0.15) is 0 Å². The summed E-state index contributed by atoms with van der Waals surface area (Å²) in [7, 11) is 0. The zero-order chi connectivity index (χ0) is 13.7. The molecule has 0 radical (unpaired) electrons. The minimum Gasteiger partial charge on any atom is -0.395 e. The van der Waals surface area contributed by atoms with E-state index in [1.165, 1.54) is 6.07 Å². The Labute approximate surface area is 112 Å². The zero-order valence-corrected chi connectivity index (χ0v) is 11.1. The second-order valence-electron chi connectivity index (χ2n) is 3.47. The largest absolute Gasteiger partial charge is 0.395 e. The first-order valence-electron chi connectivity index (χ1n) is 5.11. The molecule has 1 aromatic carbocycles. The van der Waals surface area contributed by atoms with Gasteiger partial charge in [-0.1, -0.05) is 6.08 Å². The SMILES string of the molecule is C=CCN(CCO)c1cc(Br)c(F)cc1[N+](=O)[O-]. The number of rotatable bonds is 6. The van der Waals surface area contributed by atoms with Crippen LogP contribution >= 0.6 is 15.9 Å². The molecule has 0 aliphatic carbocycles. The van der Waals surface area contributed by atoms with Gasteiger partial charge in [-0.25, -0.2) is 4.39 Å². The molecule has 0 aliphatic heterocycles. The van der Waals surface area contributed by atoms with E-state index in [4.69, 9.17) is 5.11 Å². The van der Waals surface area contributed by atoms with Gasteiger partial charge < -0.3 is 10.0 Å². The molecule has 0 bridgehead atoms. The van der Waals surface area contributed by atoms with Gasteiger partial charge in [-0.2, -0.15) is 0 Å². The fourth-order valence-corrected chi connectivity index (χ4v) is 1.84. The number of nitrogens with zero attached hydrogens (tertiary/aromatic N) is 2. The van der Waals surface area contributed by atoms with Gasteiger partial charge in [0.2, 0.25) is 0 Å². The van der Waals surface area contributed by atoms with Gasteiger partial charge in [-0.3, -0.25) is 10.1 Å². The highest BCUT2D eigenvalue weighted by molar-refractivity contribution is 9.10. The molecular formula is C11H12BrFN2O3. The fourth-order valence-electron chi connectivity index (χ4n) is 1.51. The van der Waals surface area contributed by atoms with Crippen molar-refractivity contribution in [2.75, 3.05) is 24.6 Å². The lowest BCUT2D eigenvalue weighted by molar-refractivity contribution is -0.384. The lowest BCUT2D eigenvalue weighted by atomic mass is 10.2. The summed E-state index contributed by atoms with van der Waals surface area (Å²) < 4.78 is 13.4. The van der Waals surface area contributed by atoms with E-state index in [0.717, 1.165) is 6.07 Å². The molecule has 0 amide bonds. The molecule has 1 rings (SSSR count). The summed E-state index contributed by atoms with van der Waals surface area (Å²) in [5.41, 5.74) is -0.103. The van der Waals surface area contributed by atoms with Crippen LogP contribution in [0.2, 0.25) is 0 Å². The average molecular weight is 319 g/mol. The van der Waals surface area contributed by atoms with Crippen LogP contribution in [0.25, 0.3) is 0 Å². The molecule has 0 aromatic heterocycles. The van der Waals surface area contributed by atoms with Crippen molar-refractivity contribution in [2.24, 2.45) is 0 Å².